The normalized spacial score (nSPS) is 11.3. The van der Waals surface area contributed by atoms with Gasteiger partial charge in [0.2, 0.25) is 0 Å². The number of benzene rings is 5. The number of hydrogen-bond donors (Lipinski definition) is 5. The van der Waals surface area contributed by atoms with Gasteiger partial charge in [-0.05, 0) is 67.1 Å². The van der Waals surface area contributed by atoms with Crippen LogP contribution < -0.4 is 13.3 Å². The second-order valence-electron chi connectivity index (χ2n) is 24.3. The zero-order chi connectivity index (χ0) is 78.4. The number of carbonyl (C=O) groups excluding carboxylic acids is 1. The minimum absolute atomic E-state index is 0.0671. The number of para-hydroxylation sites is 5. The number of aromatic hydroxyl groups is 2. The topological polar surface area (TPSA) is 192 Å². The predicted molar refractivity (Wildman–Crippen MR) is 490 cm³/mol. The standard InChI is InChI=1S/C15H22O3Si.2C14H24O2Si.C7H6O3.C7H8O.5C2H6.CHI3.CH2I2.CO.4HI.2V/c1-14(2,3)19(15(4,5)6)17-12-10-8-7-9-11(12)13(16)18-19;2*1-13(2,3)17(15,14(4,5)6)16-12-10-8-7-9-11-12;8-6-4-2-1-3-5(6)7(9)10;1-6-4-2-3-5-7(6)8;5*1-2;2-1(3)4;2-1-3;1-2;;;;;;/h7-10H,1-6H3;2*7-11,15H,1-6H3;1-4,8H,(H,9,10);2-5,8H,1H3;5*1-2H3;1H;1H2;;4*1H;;/q;;;;;;;;;;;;;;;;;2*+2/p-4. The van der Waals surface area contributed by atoms with Gasteiger partial charge in [-0.3, -0.25) is 0 Å². The molecule has 0 fully saturated rings. The summed E-state index contributed by atoms with van der Waals surface area (Å²) in [6.45, 7) is 63.5. The third-order valence-corrected chi connectivity index (χ3v) is 26.0. The molecule has 0 saturated carbocycles. The molecule has 0 saturated heterocycles. The van der Waals surface area contributed by atoms with Crippen LogP contribution in [0.4, 0.5) is 0 Å². The van der Waals surface area contributed by atoms with Crippen LogP contribution in [-0.4, -0.2) is 64.9 Å². The molecule has 5 aromatic rings. The zero-order valence-corrected chi connectivity index (χ0v) is 87.6. The minimum atomic E-state index is -2.89. The first kappa shape index (κ1) is 116. The summed E-state index contributed by atoms with van der Waals surface area (Å²) in [6.07, 6.45) is 0. The molecule has 554 valence electrons. The van der Waals surface area contributed by atoms with Gasteiger partial charge in [-0.2, -0.15) is 0 Å². The van der Waals surface area contributed by atoms with Crippen LogP contribution in [-0.2, 0) is 28.0 Å². The Balaban J connectivity index is -0.000000132. The van der Waals surface area contributed by atoms with E-state index in [9.17, 15) is 19.2 Å². The fourth-order valence-electron chi connectivity index (χ4n) is 8.22. The van der Waals surface area contributed by atoms with Crippen molar-refractivity contribution in [3.63, 3.8) is 0 Å². The van der Waals surface area contributed by atoms with E-state index < -0.39 is 31.7 Å². The molecule has 0 unspecified atom stereocenters. The third-order valence-electron chi connectivity index (χ3n) is 11.9. The summed E-state index contributed by atoms with van der Waals surface area (Å²) in [5, 5.41) is 24.9. The van der Waals surface area contributed by atoms with Crippen molar-refractivity contribution in [2.75, 3.05) is 2.43 Å². The van der Waals surface area contributed by atoms with Crippen LogP contribution in [0.2, 0.25) is 30.2 Å². The molecule has 0 aromatic heterocycles. The Morgan fingerprint density at radius 2 is 0.750 bits per heavy atom. The van der Waals surface area contributed by atoms with E-state index in [1.807, 2.05) is 256 Å². The summed E-state index contributed by atoms with van der Waals surface area (Å²) in [6, 6.07) is 39.6. The van der Waals surface area contributed by atoms with E-state index in [0.717, 1.165) is 17.0 Å². The molecular formula is C70H117I9O12Si3V2. The molecule has 6 rings (SSSR count). The predicted octanol–water partition coefficient (Wildman–Crippen LogP) is 28.3. The fraction of sp³-hybridized carbons (Fsp3) is 0.529. The van der Waals surface area contributed by atoms with Gasteiger partial charge in [-0.1, -0.05) is 386 Å². The molecule has 1 heterocycles. The van der Waals surface area contributed by atoms with Gasteiger partial charge < -0.3 is 42.6 Å². The molecule has 96 heavy (non-hydrogen) atoms. The molecule has 5 N–H and O–H groups in total. The van der Waals surface area contributed by atoms with Crippen molar-refractivity contribution in [2.45, 2.75) is 231 Å². The number of aryl methyl sites for hydroxylation is 1. The molecule has 0 spiro atoms. The van der Waals surface area contributed by atoms with Gasteiger partial charge in [0.05, 0.1) is 8.00 Å². The Kier molecular flexibility index (Phi) is 78.0. The van der Waals surface area contributed by atoms with E-state index in [1.54, 1.807) is 24.3 Å². The van der Waals surface area contributed by atoms with Crippen LogP contribution in [0.5, 0.6) is 28.7 Å². The molecule has 1 aliphatic rings. The number of halogens is 9. The number of carbonyl (C=O) groups is 2. The number of alkyl halides is 5. The third kappa shape index (κ3) is 49.1. The van der Waals surface area contributed by atoms with E-state index in [-0.39, 0.29) is 47.5 Å². The molecule has 12 nitrogen and oxygen atoms in total. The Hall–Kier alpha value is 2.09. The Morgan fingerprint density at radius 3 is 0.979 bits per heavy atom. The van der Waals surface area contributed by atoms with Crippen molar-refractivity contribution in [1.29, 1.82) is 0 Å². The first-order valence-electron chi connectivity index (χ1n) is 31.0. The number of fused-ring (bicyclic) bond motifs is 1. The Bertz CT molecular complexity index is 2520. The van der Waals surface area contributed by atoms with Gasteiger partial charge in [-0.15, -0.1) is 0 Å². The van der Waals surface area contributed by atoms with E-state index in [0.29, 0.717) is 36.0 Å². The maximum atomic E-state index is 12.3. The number of phenolic OH excluding ortho intramolecular Hbond substituents is 1. The summed E-state index contributed by atoms with van der Waals surface area (Å²) < 4.78 is 33.7. The molecule has 0 aliphatic carbocycles. The summed E-state index contributed by atoms with van der Waals surface area (Å²) in [5.41, 5.74) is 1.38. The Labute approximate surface area is 714 Å². The summed E-state index contributed by atoms with van der Waals surface area (Å²) >= 11 is 21.0. The van der Waals surface area contributed by atoms with Crippen LogP contribution in [0.1, 0.15) is 220 Å². The number of hydrogen-bond acceptors (Lipinski definition) is 10. The second kappa shape index (κ2) is 64.3. The zero-order valence-electron chi connectivity index (χ0n) is 62.4. The number of carboxylic acid groups (broad SMARTS) is 1. The van der Waals surface area contributed by atoms with Crippen LogP contribution >= 0.6 is 193 Å². The average molecular weight is 2480 g/mol. The van der Waals surface area contributed by atoms with Crippen molar-refractivity contribution in [1.82, 2.24) is 0 Å². The summed E-state index contributed by atoms with van der Waals surface area (Å²) in [5.74, 6) is 0.979. The quantitative estimate of drug-likeness (QED) is 0.0370. The SMILES string of the molecule is CC.CC.CC.CC.CC.CC(C)(C)[Si](O)(Oc1ccccc1)C(C)(C)C.CC(C)(C)[Si](O)(Oc1ccccc1)C(C)(C)C.CC(C)(C)[Si]1(C(C)(C)C)OC(=O)c2ccccc2O1.Cc1ccccc1O.IC(I)I.ICI.O=C(O)c1ccccc1O.[C-]#[O+].[I][V][I].[I][V][I]. The molecule has 0 atom stereocenters. The van der Waals surface area contributed by atoms with E-state index in [1.165, 1.54) is 14.6 Å². The first-order chi connectivity index (χ1) is 44.2. The van der Waals surface area contributed by atoms with Crippen LogP contribution in [0.25, 0.3) is 0 Å². The van der Waals surface area contributed by atoms with E-state index >= 15 is 0 Å². The summed E-state index contributed by atoms with van der Waals surface area (Å²) in [7, 11) is -7.28. The average Bonchev–Trinajstić information content (AvgIpc) is 0.740. The van der Waals surface area contributed by atoms with Crippen LogP contribution in [0.3, 0.4) is 0 Å². The molecule has 0 bridgehead atoms. The van der Waals surface area contributed by atoms with E-state index in [4.69, 9.17) is 37.7 Å². The van der Waals surface area contributed by atoms with Crippen molar-refractivity contribution < 1.29 is 75.8 Å². The first-order valence-corrected chi connectivity index (χ1v) is 61.4. The van der Waals surface area contributed by atoms with Gasteiger partial charge in [0.25, 0.3) is 0 Å². The number of phenols is 2. The van der Waals surface area contributed by atoms with E-state index in [2.05, 4.69) is 241 Å². The van der Waals surface area contributed by atoms with Crippen molar-refractivity contribution in [3.8, 4) is 28.7 Å². The fourth-order valence-corrected chi connectivity index (χ4v) is 19.3. The molecule has 5 aromatic carbocycles. The van der Waals surface area contributed by atoms with Gasteiger partial charge >= 0.3 is 148 Å². The summed E-state index contributed by atoms with van der Waals surface area (Å²) in [4.78, 5) is 44.7. The second-order valence-corrected chi connectivity index (χ2v) is 76.8. The Morgan fingerprint density at radius 1 is 0.500 bits per heavy atom. The molecular weight excluding hydrogens is 2360 g/mol. The van der Waals surface area contributed by atoms with Crippen LogP contribution in [0, 0.1) is 13.6 Å². The number of aromatic carboxylic acids is 1. The molecule has 0 radical (unpaired) electrons. The van der Waals surface area contributed by atoms with Crippen molar-refractivity contribution in [3.05, 3.63) is 157 Å². The molecule has 26 heteroatoms. The van der Waals surface area contributed by atoms with Gasteiger partial charge in [0.1, 0.15) is 34.2 Å². The van der Waals surface area contributed by atoms with Crippen molar-refractivity contribution in [2.24, 2.45) is 0 Å². The van der Waals surface area contributed by atoms with Crippen LogP contribution in [0.15, 0.2) is 133 Å². The molecule has 0 amide bonds. The maximum absolute atomic E-state index is 12.3. The van der Waals surface area contributed by atoms with Gasteiger partial charge in [0.15, 0.2) is 0 Å². The van der Waals surface area contributed by atoms with Gasteiger partial charge in [-0.25, -0.2) is 9.59 Å². The number of rotatable bonds is 5. The monoisotopic (exact) mass is 2480 g/mol. The van der Waals surface area contributed by atoms with Gasteiger partial charge in [0, 0.05) is 30.2 Å². The van der Waals surface area contributed by atoms with Crippen molar-refractivity contribution >= 4 is 230 Å². The number of carboxylic acids is 1. The molecule has 1 aliphatic heterocycles.